The molecule has 0 N–H and O–H groups in total. The molecule has 0 fully saturated rings. The van der Waals surface area contributed by atoms with Gasteiger partial charge in [-0.25, -0.2) is 0 Å². The molecular weight excluding hydrogens is 192 g/mol. The molecule has 0 aromatic rings. The highest BCUT2D eigenvalue weighted by molar-refractivity contribution is 5.71. The lowest BCUT2D eigenvalue weighted by Crippen LogP contribution is -2.38. The summed E-state index contributed by atoms with van der Waals surface area (Å²) in [7, 11) is 1.43. The van der Waals surface area contributed by atoms with E-state index in [0.29, 0.717) is 6.54 Å². The summed E-state index contributed by atoms with van der Waals surface area (Å²) in [5.41, 5.74) is 0. The molecule has 0 aliphatic heterocycles. The summed E-state index contributed by atoms with van der Waals surface area (Å²) in [5.74, 6) is -0.156. The van der Waals surface area contributed by atoms with Gasteiger partial charge in [-0.15, -0.1) is 0 Å². The lowest BCUT2D eigenvalue weighted by atomic mass is 10.4. The summed E-state index contributed by atoms with van der Waals surface area (Å²) >= 11 is 0. The maximum atomic E-state index is 11.1. The summed E-state index contributed by atoms with van der Waals surface area (Å²) in [6, 6.07) is 0. The summed E-state index contributed by atoms with van der Waals surface area (Å²) in [6.45, 7) is 11.7. The number of ether oxygens (including phenoxy) is 1. The van der Waals surface area contributed by atoms with Crippen molar-refractivity contribution in [1.29, 1.82) is 0 Å². The van der Waals surface area contributed by atoms with Gasteiger partial charge in [-0.1, -0.05) is 20.8 Å². The lowest BCUT2D eigenvalue weighted by Gasteiger charge is -2.24. The van der Waals surface area contributed by atoms with E-state index < -0.39 is 0 Å². The standard InChI is InChI=1S/C11H24N2O2/c1-5-12(6-2)8-9-13(7-3)10-11(14)15-4/h5-10H2,1-4H3. The molecule has 0 unspecified atom stereocenters. The molecule has 0 aliphatic rings. The second kappa shape index (κ2) is 8.68. The fourth-order valence-corrected chi connectivity index (χ4v) is 1.42. The van der Waals surface area contributed by atoms with Gasteiger partial charge < -0.3 is 9.64 Å². The normalized spacial score (nSPS) is 11.1. The van der Waals surface area contributed by atoms with E-state index in [2.05, 4.69) is 35.3 Å². The van der Waals surface area contributed by atoms with Gasteiger partial charge in [0.05, 0.1) is 13.7 Å². The Kier molecular flexibility index (Phi) is 8.33. The Labute approximate surface area is 93.2 Å². The number of hydrogen-bond acceptors (Lipinski definition) is 4. The van der Waals surface area contributed by atoms with Gasteiger partial charge >= 0.3 is 5.97 Å². The van der Waals surface area contributed by atoms with E-state index in [1.165, 1.54) is 7.11 Å². The molecule has 90 valence electrons. The number of methoxy groups -OCH3 is 1. The van der Waals surface area contributed by atoms with Crippen LogP contribution in [0.1, 0.15) is 20.8 Å². The number of nitrogens with zero attached hydrogens (tertiary/aromatic N) is 2. The predicted octanol–water partition coefficient (Wildman–Crippen LogP) is 0.823. The van der Waals surface area contributed by atoms with E-state index in [0.717, 1.165) is 32.7 Å². The second-order valence-electron chi connectivity index (χ2n) is 3.47. The Morgan fingerprint density at radius 2 is 1.47 bits per heavy atom. The van der Waals surface area contributed by atoms with Crippen LogP contribution in [0.5, 0.6) is 0 Å². The molecule has 0 aromatic heterocycles. The van der Waals surface area contributed by atoms with Gasteiger partial charge in [0, 0.05) is 13.1 Å². The Bertz CT molecular complexity index is 170. The molecule has 15 heavy (non-hydrogen) atoms. The zero-order chi connectivity index (χ0) is 11.7. The van der Waals surface area contributed by atoms with Crippen LogP contribution in [0.2, 0.25) is 0 Å². The summed E-state index contributed by atoms with van der Waals surface area (Å²) in [5, 5.41) is 0. The number of carbonyl (C=O) groups excluding carboxylic acids is 1. The molecule has 0 aromatic carbocycles. The van der Waals surface area contributed by atoms with Crippen LogP contribution in [0.15, 0.2) is 0 Å². The highest BCUT2D eigenvalue weighted by atomic mass is 16.5. The van der Waals surface area contributed by atoms with Crippen LogP contribution >= 0.6 is 0 Å². The Morgan fingerprint density at radius 3 is 1.87 bits per heavy atom. The van der Waals surface area contributed by atoms with Crippen molar-refractivity contribution in [2.45, 2.75) is 20.8 Å². The largest absolute Gasteiger partial charge is 0.468 e. The quantitative estimate of drug-likeness (QED) is 0.562. The van der Waals surface area contributed by atoms with Crippen LogP contribution in [0.3, 0.4) is 0 Å². The first kappa shape index (κ1) is 14.4. The zero-order valence-corrected chi connectivity index (χ0v) is 10.5. The van der Waals surface area contributed by atoms with Gasteiger partial charge in [-0.2, -0.15) is 0 Å². The molecule has 0 radical (unpaired) electrons. The summed E-state index contributed by atoms with van der Waals surface area (Å²) in [6.07, 6.45) is 0. The fraction of sp³-hybridized carbons (Fsp3) is 0.909. The smallest absolute Gasteiger partial charge is 0.319 e. The van der Waals surface area contributed by atoms with Gasteiger partial charge in [-0.05, 0) is 19.6 Å². The van der Waals surface area contributed by atoms with Crippen molar-refractivity contribution in [1.82, 2.24) is 9.80 Å². The van der Waals surface area contributed by atoms with E-state index in [1.807, 2.05) is 0 Å². The van der Waals surface area contributed by atoms with E-state index in [1.54, 1.807) is 0 Å². The zero-order valence-electron chi connectivity index (χ0n) is 10.5. The van der Waals surface area contributed by atoms with Crippen LogP contribution in [-0.2, 0) is 9.53 Å². The van der Waals surface area contributed by atoms with E-state index in [4.69, 9.17) is 0 Å². The maximum Gasteiger partial charge on any atom is 0.319 e. The fourth-order valence-electron chi connectivity index (χ4n) is 1.42. The van der Waals surface area contributed by atoms with Gasteiger partial charge in [0.2, 0.25) is 0 Å². The highest BCUT2D eigenvalue weighted by Gasteiger charge is 2.09. The summed E-state index contributed by atoms with van der Waals surface area (Å²) in [4.78, 5) is 15.5. The highest BCUT2D eigenvalue weighted by Crippen LogP contribution is 1.93. The monoisotopic (exact) mass is 216 g/mol. The Balaban J connectivity index is 3.83. The molecule has 0 rings (SSSR count). The van der Waals surface area contributed by atoms with Crippen molar-refractivity contribution in [2.75, 3.05) is 46.4 Å². The number of likely N-dealkylation sites (N-methyl/N-ethyl adjacent to an activating group) is 2. The SMILES string of the molecule is CCN(CC)CCN(CC)CC(=O)OC. The molecular formula is C11H24N2O2. The van der Waals surface area contributed by atoms with E-state index in [9.17, 15) is 4.79 Å². The molecule has 0 spiro atoms. The first-order chi connectivity index (χ1) is 7.17. The number of carbonyl (C=O) groups is 1. The number of esters is 1. The average molecular weight is 216 g/mol. The molecule has 4 nitrogen and oxygen atoms in total. The van der Waals surface area contributed by atoms with Gasteiger partial charge in [0.1, 0.15) is 0 Å². The van der Waals surface area contributed by atoms with E-state index in [-0.39, 0.29) is 5.97 Å². The van der Waals surface area contributed by atoms with Crippen molar-refractivity contribution in [2.24, 2.45) is 0 Å². The molecule has 0 saturated heterocycles. The minimum atomic E-state index is -0.156. The van der Waals surface area contributed by atoms with Crippen molar-refractivity contribution < 1.29 is 9.53 Å². The minimum absolute atomic E-state index is 0.156. The van der Waals surface area contributed by atoms with E-state index >= 15 is 0 Å². The molecule has 0 aliphatic carbocycles. The third-order valence-corrected chi connectivity index (χ3v) is 2.65. The van der Waals surface area contributed by atoms with Crippen molar-refractivity contribution in [3.05, 3.63) is 0 Å². The van der Waals surface area contributed by atoms with Gasteiger partial charge in [0.25, 0.3) is 0 Å². The number of rotatable bonds is 8. The third kappa shape index (κ3) is 6.47. The first-order valence-corrected chi connectivity index (χ1v) is 5.69. The average Bonchev–Trinajstić information content (AvgIpc) is 2.28. The molecule has 0 bridgehead atoms. The summed E-state index contributed by atoms with van der Waals surface area (Å²) < 4.78 is 4.65. The van der Waals surface area contributed by atoms with Crippen LogP contribution in [-0.4, -0.2) is 62.1 Å². The van der Waals surface area contributed by atoms with Crippen LogP contribution in [0.4, 0.5) is 0 Å². The van der Waals surface area contributed by atoms with Crippen LogP contribution in [0, 0.1) is 0 Å². The van der Waals surface area contributed by atoms with Gasteiger partial charge in [-0.3, -0.25) is 9.69 Å². The third-order valence-electron chi connectivity index (χ3n) is 2.65. The molecule has 0 saturated carbocycles. The van der Waals surface area contributed by atoms with Gasteiger partial charge in [0.15, 0.2) is 0 Å². The predicted molar refractivity (Wildman–Crippen MR) is 61.9 cm³/mol. The minimum Gasteiger partial charge on any atom is -0.468 e. The molecule has 0 heterocycles. The van der Waals surface area contributed by atoms with Crippen LogP contribution in [0.25, 0.3) is 0 Å². The van der Waals surface area contributed by atoms with Crippen LogP contribution < -0.4 is 0 Å². The number of hydrogen-bond donors (Lipinski definition) is 0. The van der Waals surface area contributed by atoms with Crippen molar-refractivity contribution in [3.63, 3.8) is 0 Å². The maximum absolute atomic E-state index is 11.1. The Morgan fingerprint density at radius 1 is 1.00 bits per heavy atom. The topological polar surface area (TPSA) is 32.8 Å². The van der Waals surface area contributed by atoms with Crippen molar-refractivity contribution in [3.8, 4) is 0 Å². The van der Waals surface area contributed by atoms with Crippen molar-refractivity contribution >= 4 is 5.97 Å². The lowest BCUT2D eigenvalue weighted by molar-refractivity contribution is -0.141. The Hall–Kier alpha value is -0.610. The second-order valence-corrected chi connectivity index (χ2v) is 3.47. The first-order valence-electron chi connectivity index (χ1n) is 5.69. The molecule has 4 heteroatoms. The molecule has 0 atom stereocenters. The molecule has 0 amide bonds.